The molecule has 2 aromatic heterocycles. The molecule has 0 bridgehead atoms. The quantitative estimate of drug-likeness (QED) is 0.553. The highest BCUT2D eigenvalue weighted by Crippen LogP contribution is 2.38. The number of nitrogens with zero attached hydrogens (tertiary/aromatic N) is 3. The number of H-pyrrole nitrogens is 1. The first-order valence-corrected chi connectivity index (χ1v) is 13.5. The molecule has 1 unspecified atom stereocenters. The van der Waals surface area contributed by atoms with Crippen LogP contribution in [0.5, 0.6) is 0 Å². The Morgan fingerprint density at radius 3 is 2.69 bits per heavy atom. The molecule has 0 spiro atoms. The molecule has 2 aromatic rings. The summed E-state index contributed by atoms with van der Waals surface area (Å²) in [5.41, 5.74) is -0.523. The largest absolute Gasteiger partial charge is 0.414 e. The minimum atomic E-state index is -2.14. The summed E-state index contributed by atoms with van der Waals surface area (Å²) < 4.78 is 28.1. The van der Waals surface area contributed by atoms with Gasteiger partial charge in [0.05, 0.1) is 12.9 Å². The molecular weight excluding hydrogens is 437 g/mol. The van der Waals surface area contributed by atoms with Gasteiger partial charge in [0.2, 0.25) is 11.9 Å². The fraction of sp³-hybridized carbons (Fsp3) is 0.700. The topological polar surface area (TPSA) is 131 Å². The van der Waals surface area contributed by atoms with Crippen LogP contribution in [-0.2, 0) is 14.0 Å². The molecule has 0 aromatic carbocycles. The second kappa shape index (κ2) is 8.65. The Bertz CT molecular complexity index is 1050. The SMILES string of the molecule is CC(C)C(=O)Nc1nc2c(ncn2[C@@H]2OC(CO[Si](C)(C)C(C)(C)C)[C@@H](F)[C@H]2O)c(=O)[nH]1. The number of nitrogens with one attached hydrogen (secondary N) is 2. The predicted octanol–water partition coefficient (Wildman–Crippen LogP) is 2.33. The number of amides is 1. The molecule has 3 rings (SSSR count). The second-order valence-electron chi connectivity index (χ2n) is 9.95. The van der Waals surface area contributed by atoms with Crippen LogP contribution in [0.25, 0.3) is 11.2 Å². The zero-order chi connectivity index (χ0) is 24.0. The predicted molar refractivity (Wildman–Crippen MR) is 120 cm³/mol. The number of aromatic amines is 1. The van der Waals surface area contributed by atoms with Crippen LogP contribution in [0.1, 0.15) is 40.8 Å². The lowest BCUT2D eigenvalue weighted by Crippen LogP contribution is -2.44. The molecule has 0 aliphatic carbocycles. The molecule has 3 heterocycles. The van der Waals surface area contributed by atoms with Crippen LogP contribution in [0.4, 0.5) is 10.3 Å². The smallest absolute Gasteiger partial charge is 0.280 e. The zero-order valence-electron chi connectivity index (χ0n) is 19.5. The van der Waals surface area contributed by atoms with Crippen molar-refractivity contribution in [2.75, 3.05) is 11.9 Å². The Morgan fingerprint density at radius 1 is 1.44 bits per heavy atom. The fourth-order valence-corrected chi connectivity index (χ4v) is 4.03. The zero-order valence-corrected chi connectivity index (χ0v) is 20.5. The summed E-state index contributed by atoms with van der Waals surface area (Å²) in [5, 5.41) is 13.0. The van der Waals surface area contributed by atoms with E-state index >= 15 is 0 Å². The van der Waals surface area contributed by atoms with Gasteiger partial charge in [-0.2, -0.15) is 4.98 Å². The van der Waals surface area contributed by atoms with Gasteiger partial charge in [-0.25, -0.2) is 9.37 Å². The van der Waals surface area contributed by atoms with Crippen LogP contribution >= 0.6 is 0 Å². The molecule has 1 saturated heterocycles. The van der Waals surface area contributed by atoms with Crippen molar-refractivity contribution in [2.24, 2.45) is 5.92 Å². The van der Waals surface area contributed by atoms with Crippen molar-refractivity contribution in [1.29, 1.82) is 0 Å². The number of halogens is 1. The molecule has 4 atom stereocenters. The fourth-order valence-electron chi connectivity index (χ4n) is 3.01. The number of aliphatic hydroxyl groups excluding tert-OH is 1. The summed E-state index contributed by atoms with van der Waals surface area (Å²) in [6, 6.07) is 0. The van der Waals surface area contributed by atoms with Crippen molar-refractivity contribution in [3.05, 3.63) is 16.7 Å². The molecule has 12 heteroatoms. The highest BCUT2D eigenvalue weighted by atomic mass is 28.4. The number of hydrogen-bond donors (Lipinski definition) is 3. The van der Waals surface area contributed by atoms with Crippen LogP contribution < -0.4 is 10.9 Å². The number of carbonyl (C=O) groups excluding carboxylic acids is 1. The molecule has 1 aliphatic rings. The lowest BCUT2D eigenvalue weighted by Gasteiger charge is -2.37. The van der Waals surface area contributed by atoms with Crippen LogP contribution in [0.3, 0.4) is 0 Å². The summed E-state index contributed by atoms with van der Waals surface area (Å²) >= 11 is 0. The van der Waals surface area contributed by atoms with Crippen molar-refractivity contribution in [3.8, 4) is 0 Å². The summed E-state index contributed by atoms with van der Waals surface area (Å²) in [6.07, 6.45) is -4.06. The number of imidazole rings is 1. The summed E-state index contributed by atoms with van der Waals surface area (Å²) in [7, 11) is -2.14. The normalized spacial score (nSPS) is 24.4. The summed E-state index contributed by atoms with van der Waals surface area (Å²) in [5.74, 6) is -0.720. The van der Waals surface area contributed by atoms with E-state index < -0.39 is 38.5 Å². The van der Waals surface area contributed by atoms with E-state index in [4.69, 9.17) is 9.16 Å². The molecule has 0 radical (unpaired) electrons. The van der Waals surface area contributed by atoms with E-state index in [1.54, 1.807) is 13.8 Å². The van der Waals surface area contributed by atoms with Crippen LogP contribution in [0.2, 0.25) is 18.1 Å². The molecule has 10 nitrogen and oxygen atoms in total. The van der Waals surface area contributed by atoms with Gasteiger partial charge in [-0.15, -0.1) is 0 Å². The van der Waals surface area contributed by atoms with Crippen molar-refractivity contribution in [1.82, 2.24) is 19.5 Å². The van der Waals surface area contributed by atoms with Gasteiger partial charge in [0.25, 0.3) is 5.56 Å². The molecule has 1 amide bonds. The number of ether oxygens (including phenoxy) is 1. The number of rotatable bonds is 6. The molecule has 1 aliphatic heterocycles. The van der Waals surface area contributed by atoms with Crippen LogP contribution in [-0.4, -0.2) is 63.8 Å². The standard InChI is InChI=1S/C20H32FN5O5Si/c1-10(2)16(28)24-19-23-15-13(17(29)25-19)22-9-26(15)18-14(27)12(21)11(31-18)8-30-32(6,7)20(3,4)5/h9-12,14,18,27H,8H2,1-7H3,(H2,23,24,25,28,29)/t11?,12-,14-,18-/m1/s1. The Morgan fingerprint density at radius 2 is 2.09 bits per heavy atom. The van der Waals surface area contributed by atoms with Gasteiger partial charge in [-0.1, -0.05) is 34.6 Å². The molecular formula is C20H32FN5O5Si. The highest BCUT2D eigenvalue weighted by Gasteiger charge is 2.47. The number of aliphatic hydroxyl groups is 1. The summed E-state index contributed by atoms with van der Waals surface area (Å²) in [6.45, 7) is 13.7. The molecule has 1 fully saturated rings. The maximum atomic E-state index is 14.9. The lowest BCUT2D eigenvalue weighted by molar-refractivity contribution is -0.118. The van der Waals surface area contributed by atoms with E-state index in [1.165, 1.54) is 10.9 Å². The molecule has 0 saturated carbocycles. The first-order valence-electron chi connectivity index (χ1n) is 10.6. The Labute approximate surface area is 186 Å². The van der Waals surface area contributed by atoms with Crippen molar-refractivity contribution in [3.63, 3.8) is 0 Å². The lowest BCUT2D eigenvalue weighted by atomic mass is 10.1. The van der Waals surface area contributed by atoms with E-state index in [0.717, 1.165) is 0 Å². The van der Waals surface area contributed by atoms with Gasteiger partial charge in [0.15, 0.2) is 31.9 Å². The Hall–Kier alpha value is -2.15. The average molecular weight is 470 g/mol. The van der Waals surface area contributed by atoms with E-state index in [1.807, 2.05) is 0 Å². The van der Waals surface area contributed by atoms with E-state index in [2.05, 4.69) is 54.1 Å². The minimum absolute atomic E-state index is 0.00154. The molecule has 178 valence electrons. The Kier molecular flexibility index (Phi) is 6.62. The number of fused-ring (bicyclic) bond motifs is 1. The second-order valence-corrected chi connectivity index (χ2v) is 14.8. The molecule has 32 heavy (non-hydrogen) atoms. The van der Waals surface area contributed by atoms with Gasteiger partial charge in [0, 0.05) is 5.92 Å². The van der Waals surface area contributed by atoms with Crippen molar-refractivity contribution < 1.29 is 23.5 Å². The van der Waals surface area contributed by atoms with Gasteiger partial charge >= 0.3 is 0 Å². The third-order valence-corrected chi connectivity index (χ3v) is 10.7. The average Bonchev–Trinajstić information content (AvgIpc) is 3.21. The first kappa shape index (κ1) is 24.5. The maximum absolute atomic E-state index is 14.9. The number of alkyl halides is 1. The number of anilines is 1. The van der Waals surface area contributed by atoms with Crippen molar-refractivity contribution >= 4 is 31.3 Å². The van der Waals surface area contributed by atoms with Crippen LogP contribution in [0, 0.1) is 5.92 Å². The van der Waals surface area contributed by atoms with E-state index in [0.29, 0.717) is 0 Å². The highest BCUT2D eigenvalue weighted by molar-refractivity contribution is 6.74. The van der Waals surface area contributed by atoms with Gasteiger partial charge in [-0.05, 0) is 18.1 Å². The van der Waals surface area contributed by atoms with Crippen molar-refractivity contribution in [2.45, 2.75) is 77.4 Å². The van der Waals surface area contributed by atoms with Crippen LogP contribution in [0.15, 0.2) is 11.1 Å². The van der Waals surface area contributed by atoms with Gasteiger partial charge in [0.1, 0.15) is 12.2 Å². The van der Waals surface area contributed by atoms with E-state index in [-0.39, 0.29) is 40.6 Å². The molecule has 3 N–H and O–H groups in total. The van der Waals surface area contributed by atoms with Gasteiger partial charge < -0.3 is 14.3 Å². The monoisotopic (exact) mass is 469 g/mol. The van der Waals surface area contributed by atoms with E-state index in [9.17, 15) is 19.1 Å². The number of carbonyl (C=O) groups is 1. The number of aromatic nitrogens is 4. The number of hydrogen-bond acceptors (Lipinski definition) is 7. The summed E-state index contributed by atoms with van der Waals surface area (Å²) in [4.78, 5) is 35.1. The maximum Gasteiger partial charge on any atom is 0.280 e. The third-order valence-electron chi connectivity index (χ3n) is 6.17. The van der Waals surface area contributed by atoms with Gasteiger partial charge in [-0.3, -0.25) is 24.5 Å². The first-order chi connectivity index (χ1) is 14.7. The Balaban J connectivity index is 1.86. The minimum Gasteiger partial charge on any atom is -0.414 e. The third kappa shape index (κ3) is 4.63.